The molecule has 2 N–H and O–H groups in total. The van der Waals surface area contributed by atoms with E-state index in [4.69, 9.17) is 9.47 Å². The largest absolute Gasteiger partial charge is 0.460 e. The van der Waals surface area contributed by atoms with Gasteiger partial charge in [-0.3, -0.25) is 19.2 Å². The van der Waals surface area contributed by atoms with E-state index in [2.05, 4.69) is 34.4 Å². The van der Waals surface area contributed by atoms with Gasteiger partial charge in [-0.05, 0) is 39.2 Å². The average molecular weight is 661 g/mol. The van der Waals surface area contributed by atoms with Crippen LogP contribution in [0.15, 0.2) is 55.6 Å². The van der Waals surface area contributed by atoms with Gasteiger partial charge in [-0.1, -0.05) is 58.4 Å². The van der Waals surface area contributed by atoms with Crippen molar-refractivity contribution in [2.24, 2.45) is 11.8 Å². The molecule has 10 nitrogen and oxygen atoms in total. The lowest BCUT2D eigenvalue weighted by Crippen LogP contribution is -2.58. The van der Waals surface area contributed by atoms with Crippen molar-refractivity contribution in [3.63, 3.8) is 0 Å². The molecule has 1 unspecified atom stereocenters. The molecule has 1 aromatic carbocycles. The molecular formula is C32H42BrN3O7. The summed E-state index contributed by atoms with van der Waals surface area (Å²) in [6.45, 7) is 12.8. The van der Waals surface area contributed by atoms with Gasteiger partial charge < -0.3 is 29.7 Å². The number of alkyl halides is 1. The summed E-state index contributed by atoms with van der Waals surface area (Å²) in [5, 5.41) is 13.4. The maximum absolute atomic E-state index is 14.5. The first kappa shape index (κ1) is 32.9. The van der Waals surface area contributed by atoms with Crippen molar-refractivity contribution in [1.82, 2.24) is 15.1 Å². The highest BCUT2D eigenvalue weighted by Crippen LogP contribution is 2.61. The standard InChI is InChI=1S/C32H42BrN3O7/c1-6-8-14-24(38)34-17-20(5)42-31(41)25-26-29(39)36(23(18-37)21-12-10-9-11-13-21)28(30(40)35(15-7-2)19(3)4)32(26)16-22(33)27(25)43-32/h6-7,9-13,19-20,22-23,25-28,37H,1-2,8,14-18H2,3-5H3,(H,34,38)/t20-,22?,23-,25+,26-,27+,28+,32-/m1/s1. The van der Waals surface area contributed by atoms with Crippen LogP contribution < -0.4 is 5.32 Å². The van der Waals surface area contributed by atoms with E-state index in [0.29, 0.717) is 18.4 Å². The van der Waals surface area contributed by atoms with Crippen LogP contribution in [-0.4, -0.2) is 93.0 Å². The number of hydrogen-bond acceptors (Lipinski definition) is 7. The average Bonchev–Trinajstić information content (AvgIpc) is 3.57. The summed E-state index contributed by atoms with van der Waals surface area (Å²) in [5.41, 5.74) is -0.646. The molecule has 3 heterocycles. The maximum Gasteiger partial charge on any atom is 0.312 e. The fourth-order valence-corrected chi connectivity index (χ4v) is 7.67. The fraction of sp³-hybridized carbons (Fsp3) is 0.562. The number of nitrogens with zero attached hydrogens (tertiary/aromatic N) is 2. The van der Waals surface area contributed by atoms with Gasteiger partial charge in [0.2, 0.25) is 17.7 Å². The first-order valence-corrected chi connectivity index (χ1v) is 15.7. The number of hydrogen-bond donors (Lipinski definition) is 2. The number of amides is 3. The SMILES string of the molecule is C=CCCC(=O)NC[C@@H](C)OC(=O)[C@@H]1[C@H]2O[C@@]3(CC2Br)[C@H](C(=O)N(CC=C)C(C)C)N([C@H](CO)c2ccccc2)C(=O)[C@@H]13. The first-order chi connectivity index (χ1) is 20.5. The van der Waals surface area contributed by atoms with Crippen LogP contribution in [0.2, 0.25) is 0 Å². The highest BCUT2D eigenvalue weighted by Gasteiger charge is 2.77. The second kappa shape index (κ2) is 13.7. The molecule has 3 amide bonds. The normalized spacial score (nSPS) is 28.7. The Morgan fingerprint density at radius 3 is 2.53 bits per heavy atom. The van der Waals surface area contributed by atoms with E-state index in [1.807, 2.05) is 19.9 Å². The van der Waals surface area contributed by atoms with E-state index >= 15 is 0 Å². The molecule has 43 heavy (non-hydrogen) atoms. The van der Waals surface area contributed by atoms with Gasteiger partial charge in [0.15, 0.2) is 0 Å². The first-order valence-electron chi connectivity index (χ1n) is 14.8. The Labute approximate surface area is 261 Å². The van der Waals surface area contributed by atoms with Crippen LogP contribution in [0.4, 0.5) is 0 Å². The number of benzene rings is 1. The van der Waals surface area contributed by atoms with Gasteiger partial charge in [-0.2, -0.15) is 0 Å². The molecule has 2 bridgehead atoms. The minimum Gasteiger partial charge on any atom is -0.460 e. The number of esters is 1. The quantitative estimate of drug-likeness (QED) is 0.179. The lowest BCUT2D eigenvalue weighted by atomic mass is 9.70. The number of carbonyl (C=O) groups excluding carboxylic acids is 4. The van der Waals surface area contributed by atoms with Crippen molar-refractivity contribution >= 4 is 39.6 Å². The van der Waals surface area contributed by atoms with E-state index in [0.717, 1.165) is 0 Å². The summed E-state index contributed by atoms with van der Waals surface area (Å²) < 4.78 is 12.3. The molecule has 11 heteroatoms. The highest BCUT2D eigenvalue weighted by molar-refractivity contribution is 9.09. The summed E-state index contributed by atoms with van der Waals surface area (Å²) in [5.74, 6) is -3.53. The number of carbonyl (C=O) groups is 4. The molecule has 0 aromatic heterocycles. The predicted octanol–water partition coefficient (Wildman–Crippen LogP) is 2.91. The number of allylic oxidation sites excluding steroid dienone is 1. The van der Waals surface area contributed by atoms with Gasteiger partial charge in [0.25, 0.3) is 0 Å². The molecule has 0 saturated carbocycles. The van der Waals surface area contributed by atoms with Crippen molar-refractivity contribution in [3.8, 4) is 0 Å². The zero-order valence-electron chi connectivity index (χ0n) is 25.0. The minimum absolute atomic E-state index is 0.111. The number of fused-ring (bicyclic) bond motifs is 1. The Balaban J connectivity index is 1.70. The number of likely N-dealkylation sites (tertiary alicyclic amines) is 1. The van der Waals surface area contributed by atoms with Crippen LogP contribution in [0.3, 0.4) is 0 Å². The Bertz CT molecular complexity index is 1230. The Morgan fingerprint density at radius 1 is 1.23 bits per heavy atom. The van der Waals surface area contributed by atoms with E-state index in [1.165, 1.54) is 4.90 Å². The molecule has 234 valence electrons. The Hall–Kier alpha value is -3.02. The topological polar surface area (TPSA) is 125 Å². The zero-order chi connectivity index (χ0) is 31.5. The van der Waals surface area contributed by atoms with Crippen LogP contribution in [-0.2, 0) is 28.7 Å². The summed E-state index contributed by atoms with van der Waals surface area (Å²) in [6.07, 6.45) is 3.08. The van der Waals surface area contributed by atoms with Crippen LogP contribution in [0.5, 0.6) is 0 Å². The van der Waals surface area contributed by atoms with Gasteiger partial charge in [-0.25, -0.2) is 0 Å². The molecular weight excluding hydrogens is 618 g/mol. The van der Waals surface area contributed by atoms with Gasteiger partial charge in [0, 0.05) is 23.8 Å². The van der Waals surface area contributed by atoms with E-state index in [-0.39, 0.29) is 42.2 Å². The molecule has 1 aromatic rings. The van der Waals surface area contributed by atoms with Crippen LogP contribution in [0, 0.1) is 11.8 Å². The second-order valence-corrected chi connectivity index (χ2v) is 12.9. The van der Waals surface area contributed by atoms with Crippen molar-refractivity contribution in [2.45, 2.75) is 80.8 Å². The van der Waals surface area contributed by atoms with Gasteiger partial charge in [0.05, 0.1) is 37.1 Å². The summed E-state index contributed by atoms with van der Waals surface area (Å²) >= 11 is 3.67. The summed E-state index contributed by atoms with van der Waals surface area (Å²) in [7, 11) is 0. The van der Waals surface area contributed by atoms with E-state index in [1.54, 1.807) is 48.2 Å². The third-order valence-corrected chi connectivity index (χ3v) is 9.48. The Kier molecular flexibility index (Phi) is 10.5. The molecule has 3 saturated heterocycles. The van der Waals surface area contributed by atoms with E-state index < -0.39 is 60.2 Å². The molecule has 3 aliphatic heterocycles. The number of halogens is 1. The molecule has 0 aliphatic carbocycles. The fourth-order valence-electron chi connectivity index (χ4n) is 6.73. The molecule has 1 spiro atoms. The van der Waals surface area contributed by atoms with Crippen molar-refractivity contribution < 1.29 is 33.8 Å². The summed E-state index contributed by atoms with van der Waals surface area (Å²) in [4.78, 5) is 57.5. The number of aliphatic hydroxyl groups excluding tert-OH is 1. The molecule has 0 radical (unpaired) electrons. The predicted molar refractivity (Wildman–Crippen MR) is 164 cm³/mol. The van der Waals surface area contributed by atoms with Crippen LogP contribution >= 0.6 is 15.9 Å². The number of aliphatic hydroxyl groups is 1. The lowest BCUT2D eigenvalue weighted by Gasteiger charge is -2.40. The van der Waals surface area contributed by atoms with Crippen molar-refractivity contribution in [1.29, 1.82) is 0 Å². The number of rotatable bonds is 14. The minimum atomic E-state index is -1.31. The molecule has 3 fully saturated rings. The van der Waals surface area contributed by atoms with Crippen LogP contribution in [0.1, 0.15) is 51.6 Å². The van der Waals surface area contributed by atoms with Gasteiger partial charge in [0.1, 0.15) is 17.7 Å². The van der Waals surface area contributed by atoms with Gasteiger partial charge in [-0.15, -0.1) is 13.2 Å². The van der Waals surface area contributed by atoms with Crippen molar-refractivity contribution in [2.75, 3.05) is 19.7 Å². The summed E-state index contributed by atoms with van der Waals surface area (Å²) in [6, 6.07) is 6.92. The van der Waals surface area contributed by atoms with Crippen molar-refractivity contribution in [3.05, 3.63) is 61.2 Å². The second-order valence-electron chi connectivity index (χ2n) is 11.8. The lowest BCUT2D eigenvalue weighted by molar-refractivity contribution is -0.160. The number of ether oxygens (including phenoxy) is 2. The van der Waals surface area contributed by atoms with Gasteiger partial charge >= 0.3 is 5.97 Å². The highest BCUT2D eigenvalue weighted by atomic mass is 79.9. The Morgan fingerprint density at radius 2 is 1.93 bits per heavy atom. The van der Waals surface area contributed by atoms with E-state index in [9.17, 15) is 24.3 Å². The monoisotopic (exact) mass is 659 g/mol. The smallest absolute Gasteiger partial charge is 0.312 e. The molecule has 3 aliphatic rings. The third kappa shape index (κ3) is 6.17. The molecule has 4 rings (SSSR count). The number of nitrogens with one attached hydrogen (secondary N) is 1. The van der Waals surface area contributed by atoms with Crippen LogP contribution in [0.25, 0.3) is 0 Å². The zero-order valence-corrected chi connectivity index (χ0v) is 26.6. The third-order valence-electron chi connectivity index (χ3n) is 8.64. The maximum atomic E-state index is 14.5. The molecule has 8 atom stereocenters.